The minimum absolute atomic E-state index is 0.479. The van der Waals surface area contributed by atoms with Crippen LogP contribution in [0.25, 0.3) is 6.08 Å². The first-order valence-corrected chi connectivity index (χ1v) is 5.63. The number of hydrogen-bond donors (Lipinski definition) is 0. The van der Waals surface area contributed by atoms with Gasteiger partial charge in [-0.3, -0.25) is 0 Å². The highest BCUT2D eigenvalue weighted by atomic mass is 35.6. The standard InChI is InChI=1S/C9H9ClSi/c1-2-8-3-5-9(6-4-8)7-11-10/h2-6H,1,7H2. The quantitative estimate of drug-likeness (QED) is 0.496. The van der Waals surface area contributed by atoms with Crippen LogP contribution < -0.4 is 0 Å². The second-order valence-electron chi connectivity index (χ2n) is 2.26. The average molecular weight is 181 g/mol. The Morgan fingerprint density at radius 1 is 1.36 bits per heavy atom. The second-order valence-corrected chi connectivity index (χ2v) is 3.68. The third-order valence-corrected chi connectivity index (χ3v) is 2.43. The van der Waals surface area contributed by atoms with Gasteiger partial charge in [-0.25, -0.2) is 0 Å². The van der Waals surface area contributed by atoms with E-state index in [-0.39, 0.29) is 0 Å². The summed E-state index contributed by atoms with van der Waals surface area (Å²) in [6, 6.07) is 9.26. The van der Waals surface area contributed by atoms with E-state index in [4.69, 9.17) is 11.1 Å². The van der Waals surface area contributed by atoms with Crippen LogP contribution >= 0.6 is 11.1 Å². The van der Waals surface area contributed by atoms with Crippen LogP contribution in [0.15, 0.2) is 30.8 Å². The van der Waals surface area contributed by atoms with Gasteiger partial charge in [-0.05, 0) is 17.2 Å². The molecule has 0 saturated heterocycles. The first kappa shape index (κ1) is 8.56. The first-order valence-electron chi connectivity index (χ1n) is 3.41. The lowest BCUT2D eigenvalue weighted by atomic mass is 10.1. The Kier molecular flexibility index (Phi) is 3.40. The monoisotopic (exact) mass is 180 g/mol. The van der Waals surface area contributed by atoms with Gasteiger partial charge < -0.3 is 0 Å². The molecule has 11 heavy (non-hydrogen) atoms. The van der Waals surface area contributed by atoms with E-state index in [0.717, 1.165) is 11.6 Å². The fourth-order valence-electron chi connectivity index (χ4n) is 0.849. The van der Waals surface area contributed by atoms with Gasteiger partial charge in [0.1, 0.15) is 0 Å². The Morgan fingerprint density at radius 3 is 2.45 bits per heavy atom. The fourth-order valence-corrected chi connectivity index (χ4v) is 1.70. The molecule has 0 nitrogen and oxygen atoms in total. The normalized spacial score (nSPS) is 9.55. The molecule has 0 aliphatic heterocycles. The Hall–Kier alpha value is -0.533. The molecule has 2 heteroatoms. The summed E-state index contributed by atoms with van der Waals surface area (Å²) in [5, 5.41) is 0. The van der Waals surface area contributed by atoms with Gasteiger partial charge in [0.05, 0.1) is 0 Å². The maximum atomic E-state index is 5.62. The van der Waals surface area contributed by atoms with Crippen LogP contribution in [0, 0.1) is 0 Å². The summed E-state index contributed by atoms with van der Waals surface area (Å²) in [6.45, 7) is 3.68. The molecule has 0 N–H and O–H groups in total. The van der Waals surface area contributed by atoms with Crippen LogP contribution in [-0.2, 0) is 6.04 Å². The van der Waals surface area contributed by atoms with Crippen molar-refractivity contribution in [1.82, 2.24) is 0 Å². The summed E-state index contributed by atoms with van der Waals surface area (Å²) in [5.74, 6) is 0. The fraction of sp³-hybridized carbons (Fsp3) is 0.111. The van der Waals surface area contributed by atoms with Crippen molar-refractivity contribution >= 4 is 26.0 Å². The molecule has 1 aromatic carbocycles. The van der Waals surface area contributed by atoms with Crippen molar-refractivity contribution in [2.24, 2.45) is 0 Å². The summed E-state index contributed by atoms with van der Waals surface area (Å²) >= 11 is 5.62. The molecule has 2 radical (unpaired) electrons. The van der Waals surface area contributed by atoms with Gasteiger partial charge in [0.25, 0.3) is 0 Å². The molecule has 0 heterocycles. The minimum Gasteiger partial charge on any atom is -0.171 e. The number of rotatable bonds is 3. The average Bonchev–Trinajstić information content (AvgIpc) is 2.07. The van der Waals surface area contributed by atoms with E-state index in [2.05, 4.69) is 30.8 Å². The van der Waals surface area contributed by atoms with E-state index in [1.54, 1.807) is 0 Å². The molecule has 56 valence electrons. The number of hydrogen-bond acceptors (Lipinski definition) is 0. The van der Waals surface area contributed by atoms with Crippen molar-refractivity contribution in [2.75, 3.05) is 0 Å². The molecule has 0 bridgehead atoms. The first-order chi connectivity index (χ1) is 5.36. The van der Waals surface area contributed by atoms with Crippen molar-refractivity contribution in [3.63, 3.8) is 0 Å². The van der Waals surface area contributed by atoms with Gasteiger partial charge in [0, 0.05) is 0 Å². The van der Waals surface area contributed by atoms with Gasteiger partial charge in [-0.2, -0.15) is 11.1 Å². The zero-order chi connectivity index (χ0) is 8.10. The largest absolute Gasteiger partial charge is 0.176 e. The summed E-state index contributed by atoms with van der Waals surface area (Å²) < 4.78 is 0. The van der Waals surface area contributed by atoms with Crippen molar-refractivity contribution in [2.45, 2.75) is 6.04 Å². The highest BCUT2D eigenvalue weighted by Gasteiger charge is 1.91. The van der Waals surface area contributed by atoms with Crippen LogP contribution in [0.1, 0.15) is 11.1 Å². The second kappa shape index (κ2) is 4.37. The van der Waals surface area contributed by atoms with E-state index >= 15 is 0 Å². The number of halogens is 1. The SMILES string of the molecule is C=Cc1ccc(C[Si]Cl)cc1. The lowest BCUT2D eigenvalue weighted by Gasteiger charge is -1.96. The smallest absolute Gasteiger partial charge is 0.171 e. The van der Waals surface area contributed by atoms with Crippen LogP contribution in [0.3, 0.4) is 0 Å². The Morgan fingerprint density at radius 2 is 2.00 bits per heavy atom. The Balaban J connectivity index is 2.74. The maximum absolute atomic E-state index is 5.62. The molecule has 0 spiro atoms. The van der Waals surface area contributed by atoms with Gasteiger partial charge >= 0.3 is 0 Å². The topological polar surface area (TPSA) is 0 Å². The molecule has 1 rings (SSSR count). The summed E-state index contributed by atoms with van der Waals surface area (Å²) in [6.07, 6.45) is 1.84. The molecule has 0 unspecified atom stereocenters. The van der Waals surface area contributed by atoms with Gasteiger partial charge in [0.15, 0.2) is 8.83 Å². The molecule has 0 saturated carbocycles. The molecular weight excluding hydrogens is 172 g/mol. The minimum atomic E-state index is 0.479. The lowest BCUT2D eigenvalue weighted by Crippen LogP contribution is -1.87. The molecule has 0 aliphatic carbocycles. The Bertz CT molecular complexity index is 228. The maximum Gasteiger partial charge on any atom is 0.176 e. The van der Waals surface area contributed by atoms with Crippen LogP contribution in [0.2, 0.25) is 0 Å². The molecule has 0 fully saturated rings. The third kappa shape index (κ3) is 2.52. The zero-order valence-corrected chi connectivity index (χ0v) is 7.93. The van der Waals surface area contributed by atoms with E-state index in [9.17, 15) is 0 Å². The summed E-state index contributed by atoms with van der Waals surface area (Å²) in [7, 11) is 0.479. The zero-order valence-electron chi connectivity index (χ0n) is 6.18. The van der Waals surface area contributed by atoms with E-state index in [1.165, 1.54) is 5.56 Å². The van der Waals surface area contributed by atoms with Crippen LogP contribution in [-0.4, -0.2) is 8.83 Å². The summed E-state index contributed by atoms with van der Waals surface area (Å²) in [4.78, 5) is 0. The lowest BCUT2D eigenvalue weighted by molar-refractivity contribution is 1.39. The molecule has 0 aliphatic rings. The summed E-state index contributed by atoms with van der Waals surface area (Å²) in [5.41, 5.74) is 2.45. The Labute approximate surface area is 74.4 Å². The molecule has 0 aromatic heterocycles. The van der Waals surface area contributed by atoms with Crippen molar-refractivity contribution in [3.05, 3.63) is 42.0 Å². The van der Waals surface area contributed by atoms with Crippen molar-refractivity contribution < 1.29 is 0 Å². The van der Waals surface area contributed by atoms with E-state index in [0.29, 0.717) is 8.83 Å². The highest BCUT2D eigenvalue weighted by Crippen LogP contribution is 2.05. The third-order valence-electron chi connectivity index (χ3n) is 1.49. The molecule has 1 aromatic rings. The molecular formula is C9H9ClSi. The van der Waals surface area contributed by atoms with E-state index < -0.39 is 0 Å². The van der Waals surface area contributed by atoms with Crippen LogP contribution in [0.5, 0.6) is 0 Å². The van der Waals surface area contributed by atoms with Gasteiger partial charge in [-0.15, -0.1) is 0 Å². The van der Waals surface area contributed by atoms with Gasteiger partial charge in [-0.1, -0.05) is 36.9 Å². The van der Waals surface area contributed by atoms with Crippen molar-refractivity contribution in [1.29, 1.82) is 0 Å². The van der Waals surface area contributed by atoms with Crippen molar-refractivity contribution in [3.8, 4) is 0 Å². The highest BCUT2D eigenvalue weighted by molar-refractivity contribution is 6.93. The predicted octanol–water partition coefficient (Wildman–Crippen LogP) is 2.69. The van der Waals surface area contributed by atoms with Crippen LogP contribution in [0.4, 0.5) is 0 Å². The van der Waals surface area contributed by atoms with Gasteiger partial charge in [0.2, 0.25) is 0 Å². The molecule has 0 atom stereocenters. The number of benzene rings is 1. The predicted molar refractivity (Wildman–Crippen MR) is 51.8 cm³/mol. The molecule has 0 amide bonds. The van der Waals surface area contributed by atoms with E-state index in [1.807, 2.05) is 6.08 Å².